The first kappa shape index (κ1) is 23.4. The second kappa shape index (κ2) is 10.6. The lowest BCUT2D eigenvalue weighted by Crippen LogP contribution is -2.33. The molecule has 1 aliphatic heterocycles. The number of carbonyl (C=O) groups is 2. The minimum Gasteiger partial charge on any atom is -0.461 e. The van der Waals surface area contributed by atoms with E-state index in [-0.39, 0.29) is 48.3 Å². The highest BCUT2D eigenvalue weighted by atomic mass is 35.5. The normalized spacial score (nSPS) is 18.3. The van der Waals surface area contributed by atoms with Gasteiger partial charge in [-0.05, 0) is 12.5 Å². The molecule has 8 nitrogen and oxygen atoms in total. The van der Waals surface area contributed by atoms with Gasteiger partial charge in [0.1, 0.15) is 5.01 Å². The molecule has 2 aromatic rings. The van der Waals surface area contributed by atoms with E-state index in [2.05, 4.69) is 20.7 Å². The van der Waals surface area contributed by atoms with Crippen LogP contribution in [0.1, 0.15) is 33.9 Å². The molecule has 0 spiro atoms. The molecule has 1 aliphatic rings. The molecule has 2 N–H and O–H groups in total. The van der Waals surface area contributed by atoms with E-state index in [1.165, 1.54) is 11.3 Å². The van der Waals surface area contributed by atoms with Crippen molar-refractivity contribution in [3.63, 3.8) is 0 Å². The quantitative estimate of drug-likeness (QED) is 0.667. The monoisotopic (exact) mass is 435 g/mol. The van der Waals surface area contributed by atoms with Crippen LogP contribution in [0, 0.1) is 5.92 Å². The number of halogens is 2. The Labute approximate surface area is 173 Å². The molecule has 1 fully saturated rings. The molecule has 1 amide bonds. The standard InChI is InChI=1S/C16H21N5O3S.2ClH/c1-3-24-16(23)13-9-25-14(20-13)7-18-15(22)12-6-17-5-11(12)10-4-19-21(2)8-10;;/h4,8-9,11-12,17H,3,5-7H2,1-2H3,(H,18,22);2*1H/t11-,12+;;/m1../s1. The van der Waals surface area contributed by atoms with Gasteiger partial charge < -0.3 is 15.4 Å². The van der Waals surface area contributed by atoms with Crippen molar-refractivity contribution in [2.24, 2.45) is 13.0 Å². The van der Waals surface area contributed by atoms with Gasteiger partial charge in [-0.15, -0.1) is 36.2 Å². The number of hydrogen-bond donors (Lipinski definition) is 2. The summed E-state index contributed by atoms with van der Waals surface area (Å²) in [6.45, 7) is 3.76. The van der Waals surface area contributed by atoms with E-state index < -0.39 is 5.97 Å². The Kier molecular flexibility index (Phi) is 9.17. The van der Waals surface area contributed by atoms with E-state index >= 15 is 0 Å². The van der Waals surface area contributed by atoms with E-state index in [9.17, 15) is 9.59 Å². The third-order valence-corrected chi connectivity index (χ3v) is 5.00. The number of esters is 1. The zero-order valence-electron chi connectivity index (χ0n) is 15.0. The van der Waals surface area contributed by atoms with Crippen molar-refractivity contribution in [2.75, 3.05) is 19.7 Å². The molecular formula is C16H23Cl2N5O3S. The maximum Gasteiger partial charge on any atom is 0.357 e. The number of amides is 1. The summed E-state index contributed by atoms with van der Waals surface area (Å²) in [5.41, 5.74) is 1.35. The molecular weight excluding hydrogens is 413 g/mol. The second-order valence-electron chi connectivity index (χ2n) is 5.88. The molecule has 0 aliphatic carbocycles. The van der Waals surface area contributed by atoms with Gasteiger partial charge in [0.15, 0.2) is 5.69 Å². The second-order valence-corrected chi connectivity index (χ2v) is 6.83. The van der Waals surface area contributed by atoms with Crippen LogP contribution in [0.2, 0.25) is 0 Å². The number of ether oxygens (including phenoxy) is 1. The summed E-state index contributed by atoms with van der Waals surface area (Å²) in [6.07, 6.45) is 3.76. The molecule has 0 unspecified atom stereocenters. The van der Waals surface area contributed by atoms with Crippen LogP contribution in [0.25, 0.3) is 0 Å². The number of aryl methyl sites for hydroxylation is 1. The highest BCUT2D eigenvalue weighted by Gasteiger charge is 2.34. The molecule has 0 aromatic carbocycles. The van der Waals surface area contributed by atoms with Crippen LogP contribution < -0.4 is 10.6 Å². The van der Waals surface area contributed by atoms with Gasteiger partial charge in [0.2, 0.25) is 5.91 Å². The fraction of sp³-hybridized carbons (Fsp3) is 0.500. The lowest BCUT2D eigenvalue weighted by atomic mass is 9.90. The predicted octanol–water partition coefficient (Wildman–Crippen LogP) is 1.52. The summed E-state index contributed by atoms with van der Waals surface area (Å²) in [4.78, 5) is 28.4. The molecule has 11 heteroatoms. The topological polar surface area (TPSA) is 98.1 Å². The number of thiazole rings is 1. The van der Waals surface area contributed by atoms with E-state index in [1.54, 1.807) is 17.0 Å². The molecule has 1 saturated heterocycles. The number of hydrogen-bond acceptors (Lipinski definition) is 7. The van der Waals surface area contributed by atoms with Crippen LogP contribution >= 0.6 is 36.2 Å². The molecule has 3 rings (SSSR count). The molecule has 2 atom stereocenters. The van der Waals surface area contributed by atoms with E-state index in [1.807, 2.05) is 19.4 Å². The Bertz CT molecular complexity index is 767. The average molecular weight is 436 g/mol. The van der Waals surface area contributed by atoms with Crippen LogP contribution in [0.3, 0.4) is 0 Å². The molecule has 0 bridgehead atoms. The maximum absolute atomic E-state index is 12.6. The Morgan fingerprint density at radius 2 is 2.19 bits per heavy atom. The van der Waals surface area contributed by atoms with Crippen molar-refractivity contribution in [3.05, 3.63) is 34.0 Å². The average Bonchev–Trinajstić information content (AvgIpc) is 3.32. The number of carbonyl (C=O) groups excluding carboxylic acids is 2. The van der Waals surface area contributed by atoms with Gasteiger partial charge in [0.05, 0.1) is 25.3 Å². The van der Waals surface area contributed by atoms with Gasteiger partial charge in [-0.25, -0.2) is 9.78 Å². The van der Waals surface area contributed by atoms with Crippen molar-refractivity contribution in [1.82, 2.24) is 25.4 Å². The summed E-state index contributed by atoms with van der Waals surface area (Å²) in [6, 6.07) is 0. The van der Waals surface area contributed by atoms with Crippen LogP contribution in [-0.4, -0.2) is 46.3 Å². The third kappa shape index (κ3) is 5.65. The van der Waals surface area contributed by atoms with Crippen molar-refractivity contribution in [1.29, 1.82) is 0 Å². The third-order valence-electron chi connectivity index (χ3n) is 4.15. The summed E-state index contributed by atoms with van der Waals surface area (Å²) >= 11 is 1.33. The van der Waals surface area contributed by atoms with Gasteiger partial charge in [0.25, 0.3) is 0 Å². The molecule has 0 radical (unpaired) electrons. The van der Waals surface area contributed by atoms with Crippen LogP contribution in [0.15, 0.2) is 17.8 Å². The predicted molar refractivity (Wildman–Crippen MR) is 107 cm³/mol. The molecule has 2 aromatic heterocycles. The summed E-state index contributed by atoms with van der Waals surface area (Å²) < 4.78 is 6.66. The van der Waals surface area contributed by atoms with Crippen molar-refractivity contribution >= 4 is 48.0 Å². The van der Waals surface area contributed by atoms with Gasteiger partial charge in [-0.3, -0.25) is 9.48 Å². The Hall–Kier alpha value is -1.68. The smallest absolute Gasteiger partial charge is 0.357 e. The number of rotatable bonds is 6. The van der Waals surface area contributed by atoms with E-state index in [0.29, 0.717) is 24.7 Å². The number of aromatic nitrogens is 3. The number of nitrogens with one attached hydrogen (secondary N) is 2. The highest BCUT2D eigenvalue weighted by Crippen LogP contribution is 2.28. The lowest BCUT2D eigenvalue weighted by Gasteiger charge is -2.16. The van der Waals surface area contributed by atoms with Gasteiger partial charge in [0, 0.05) is 37.6 Å². The lowest BCUT2D eigenvalue weighted by molar-refractivity contribution is -0.125. The Morgan fingerprint density at radius 3 is 2.85 bits per heavy atom. The Balaban J connectivity index is 0.00000182. The minimum absolute atomic E-state index is 0. The van der Waals surface area contributed by atoms with Crippen LogP contribution in [-0.2, 0) is 23.1 Å². The maximum atomic E-state index is 12.6. The molecule has 0 saturated carbocycles. The first-order valence-electron chi connectivity index (χ1n) is 8.17. The largest absolute Gasteiger partial charge is 0.461 e. The fourth-order valence-electron chi connectivity index (χ4n) is 2.92. The summed E-state index contributed by atoms with van der Waals surface area (Å²) in [7, 11) is 1.87. The minimum atomic E-state index is -0.437. The van der Waals surface area contributed by atoms with Crippen molar-refractivity contribution in [3.8, 4) is 0 Å². The summed E-state index contributed by atoms with van der Waals surface area (Å²) in [5, 5.41) is 12.7. The zero-order chi connectivity index (χ0) is 17.8. The van der Waals surface area contributed by atoms with E-state index in [0.717, 1.165) is 12.1 Å². The highest BCUT2D eigenvalue weighted by molar-refractivity contribution is 7.09. The van der Waals surface area contributed by atoms with Gasteiger partial charge in [-0.2, -0.15) is 5.10 Å². The van der Waals surface area contributed by atoms with Crippen LogP contribution in [0.4, 0.5) is 0 Å². The number of nitrogens with zero attached hydrogens (tertiary/aromatic N) is 3. The first-order chi connectivity index (χ1) is 12.1. The first-order valence-corrected chi connectivity index (χ1v) is 9.05. The van der Waals surface area contributed by atoms with Crippen LogP contribution in [0.5, 0.6) is 0 Å². The Morgan fingerprint density at radius 1 is 1.41 bits per heavy atom. The van der Waals surface area contributed by atoms with Gasteiger partial charge in [-0.1, -0.05) is 0 Å². The molecule has 150 valence electrons. The SMILES string of the molecule is CCOC(=O)c1csc(CNC(=O)[C@H]2CNC[C@@H]2c2cnn(C)c2)n1.Cl.Cl. The van der Waals surface area contributed by atoms with Crippen molar-refractivity contribution in [2.45, 2.75) is 19.4 Å². The van der Waals surface area contributed by atoms with Crippen molar-refractivity contribution < 1.29 is 14.3 Å². The summed E-state index contributed by atoms with van der Waals surface area (Å²) in [5.74, 6) is -0.492. The van der Waals surface area contributed by atoms with Gasteiger partial charge >= 0.3 is 5.97 Å². The zero-order valence-corrected chi connectivity index (χ0v) is 17.5. The van der Waals surface area contributed by atoms with E-state index in [4.69, 9.17) is 4.74 Å². The molecule has 3 heterocycles. The molecule has 27 heavy (non-hydrogen) atoms. The fourth-order valence-corrected chi connectivity index (χ4v) is 3.62.